The molecule has 4 nitrogen and oxygen atoms in total. The molecule has 1 aromatic heterocycles. The predicted octanol–water partition coefficient (Wildman–Crippen LogP) is 5.73. The first kappa shape index (κ1) is 18.9. The van der Waals surface area contributed by atoms with Gasteiger partial charge in [0.05, 0.1) is 11.4 Å². The zero-order valence-corrected chi connectivity index (χ0v) is 17.1. The maximum atomic E-state index is 12.5. The third-order valence-corrected chi connectivity index (χ3v) is 6.66. The second-order valence-corrected chi connectivity index (χ2v) is 8.64. The summed E-state index contributed by atoms with van der Waals surface area (Å²) in [7, 11) is 0. The van der Waals surface area contributed by atoms with E-state index in [0.29, 0.717) is 17.9 Å². The highest BCUT2D eigenvalue weighted by Gasteiger charge is 2.26. The fourth-order valence-corrected chi connectivity index (χ4v) is 4.88. The summed E-state index contributed by atoms with van der Waals surface area (Å²) in [6.07, 6.45) is 2.56. The second kappa shape index (κ2) is 7.89. The van der Waals surface area contributed by atoms with E-state index in [1.807, 2.05) is 24.3 Å². The Bertz CT molecular complexity index is 1100. The topological polar surface area (TPSA) is 62.8 Å². The van der Waals surface area contributed by atoms with Crippen LogP contribution in [0, 0.1) is 6.92 Å². The molecule has 2 aromatic carbocycles. The van der Waals surface area contributed by atoms with Crippen molar-refractivity contribution in [1.29, 1.82) is 0 Å². The lowest BCUT2D eigenvalue weighted by atomic mass is 10.0. The molecule has 0 unspecified atom stereocenters. The monoisotopic (exact) mass is 409 g/mol. The molecule has 0 fully saturated rings. The molecule has 0 saturated carbocycles. The fraction of sp³-hybridized carbons (Fsp3) is 0.182. The van der Waals surface area contributed by atoms with Crippen molar-refractivity contribution >= 4 is 34.9 Å². The molecule has 2 heterocycles. The van der Waals surface area contributed by atoms with E-state index in [4.69, 9.17) is 9.41 Å². The van der Waals surface area contributed by atoms with Gasteiger partial charge in [0.2, 0.25) is 0 Å². The van der Waals surface area contributed by atoms with Gasteiger partial charge in [-0.05, 0) is 43.0 Å². The number of hydrogen-bond acceptors (Lipinski definition) is 6. The molecule has 0 spiro atoms. The van der Waals surface area contributed by atoms with Gasteiger partial charge in [0.25, 0.3) is 0 Å². The first-order valence-electron chi connectivity index (χ1n) is 8.86. The summed E-state index contributed by atoms with van der Waals surface area (Å²) in [6, 6.07) is 17.8. The van der Waals surface area contributed by atoms with Crippen LogP contribution >= 0.6 is 23.5 Å². The molecule has 1 aliphatic rings. The van der Waals surface area contributed by atoms with E-state index in [1.54, 1.807) is 30.4 Å². The Labute approximate surface area is 171 Å². The second-order valence-electron chi connectivity index (χ2n) is 6.51. The van der Waals surface area contributed by atoms with Crippen molar-refractivity contribution in [3.05, 3.63) is 81.9 Å². The van der Waals surface area contributed by atoms with Crippen LogP contribution in [0.4, 0.5) is 5.69 Å². The molecule has 6 heteroatoms. The van der Waals surface area contributed by atoms with Crippen LogP contribution in [0.15, 0.2) is 78.6 Å². The maximum Gasteiger partial charge on any atom is 0.348 e. The zero-order valence-electron chi connectivity index (χ0n) is 15.5. The number of rotatable bonds is 3. The summed E-state index contributed by atoms with van der Waals surface area (Å²) in [6.45, 7) is 1.64. The molecular weight excluding hydrogens is 390 g/mol. The summed E-state index contributed by atoms with van der Waals surface area (Å²) < 4.78 is 5.24. The third kappa shape index (κ3) is 3.75. The molecule has 0 bridgehead atoms. The van der Waals surface area contributed by atoms with Gasteiger partial charge in [-0.2, -0.15) is 0 Å². The highest BCUT2D eigenvalue weighted by molar-refractivity contribution is 7.99. The number of para-hydroxylation sites is 1. The minimum Gasteiger partial charge on any atom is -0.507 e. The van der Waals surface area contributed by atoms with Gasteiger partial charge in [0, 0.05) is 27.5 Å². The Morgan fingerprint density at radius 3 is 2.64 bits per heavy atom. The Hall–Kier alpha value is -2.44. The number of benzene rings is 2. The van der Waals surface area contributed by atoms with Gasteiger partial charge in [-0.25, -0.2) is 4.79 Å². The van der Waals surface area contributed by atoms with Crippen LogP contribution < -0.4 is 5.63 Å². The average Bonchev–Trinajstić information content (AvgIpc) is 2.87. The van der Waals surface area contributed by atoms with Crippen molar-refractivity contribution in [2.75, 3.05) is 6.26 Å². The number of aliphatic imine (C=N–C) groups is 1. The van der Waals surface area contributed by atoms with Crippen molar-refractivity contribution in [3.63, 3.8) is 0 Å². The van der Waals surface area contributed by atoms with E-state index in [1.165, 1.54) is 11.0 Å². The molecule has 0 amide bonds. The van der Waals surface area contributed by atoms with Gasteiger partial charge in [-0.3, -0.25) is 4.99 Å². The Morgan fingerprint density at radius 1 is 1.18 bits per heavy atom. The number of fused-ring (bicyclic) bond motifs is 1. The first-order chi connectivity index (χ1) is 13.5. The van der Waals surface area contributed by atoms with E-state index in [-0.39, 0.29) is 16.6 Å². The van der Waals surface area contributed by atoms with Gasteiger partial charge in [0.15, 0.2) is 0 Å². The largest absolute Gasteiger partial charge is 0.507 e. The van der Waals surface area contributed by atoms with E-state index >= 15 is 0 Å². The number of aromatic hydroxyl groups is 1. The van der Waals surface area contributed by atoms with E-state index in [0.717, 1.165) is 16.1 Å². The van der Waals surface area contributed by atoms with Crippen LogP contribution in [-0.4, -0.2) is 17.1 Å². The Morgan fingerprint density at radius 2 is 1.93 bits per heavy atom. The van der Waals surface area contributed by atoms with Crippen molar-refractivity contribution in [3.8, 4) is 5.75 Å². The Balaban J connectivity index is 1.83. The van der Waals surface area contributed by atoms with Crippen LogP contribution in [0.25, 0.3) is 0 Å². The number of thioether (sulfide) groups is 2. The van der Waals surface area contributed by atoms with Gasteiger partial charge < -0.3 is 9.52 Å². The van der Waals surface area contributed by atoms with Crippen LogP contribution in [0.1, 0.15) is 28.6 Å². The van der Waals surface area contributed by atoms with Gasteiger partial charge >= 0.3 is 5.63 Å². The van der Waals surface area contributed by atoms with Crippen molar-refractivity contribution in [2.24, 2.45) is 4.99 Å². The quantitative estimate of drug-likeness (QED) is 0.560. The summed E-state index contributed by atoms with van der Waals surface area (Å²) in [5.41, 5.74) is 2.08. The molecule has 0 saturated heterocycles. The maximum absolute atomic E-state index is 12.5. The van der Waals surface area contributed by atoms with Gasteiger partial charge in [-0.1, -0.05) is 24.3 Å². The predicted molar refractivity (Wildman–Crippen MR) is 115 cm³/mol. The average molecular weight is 410 g/mol. The van der Waals surface area contributed by atoms with Crippen molar-refractivity contribution in [1.82, 2.24) is 0 Å². The third-order valence-electron chi connectivity index (χ3n) is 4.60. The molecule has 0 radical (unpaired) electrons. The number of nitrogens with zero attached hydrogens (tertiary/aromatic N) is 1. The standard InChI is InChI=1S/C22H19NO3S2/c1-13-11-18(24)21(22(25)26-13)17-12-20(14-7-9-15(27-2)10-8-14)28-19-6-4-3-5-16(19)23-17/h3-11,20,24H,12H2,1-2H3/t20-/m0/s1. The zero-order chi connectivity index (χ0) is 19.7. The van der Waals surface area contributed by atoms with Crippen LogP contribution in [0.3, 0.4) is 0 Å². The van der Waals surface area contributed by atoms with E-state index < -0.39 is 5.63 Å². The molecule has 1 atom stereocenters. The number of aryl methyl sites for hydroxylation is 1. The lowest BCUT2D eigenvalue weighted by Crippen LogP contribution is -2.16. The summed E-state index contributed by atoms with van der Waals surface area (Å²) in [5.74, 6) is 0.285. The van der Waals surface area contributed by atoms with Crippen LogP contribution in [0.5, 0.6) is 5.75 Å². The van der Waals surface area contributed by atoms with Gasteiger partial charge in [-0.15, -0.1) is 23.5 Å². The lowest BCUT2D eigenvalue weighted by Gasteiger charge is -2.16. The van der Waals surface area contributed by atoms with Crippen LogP contribution in [-0.2, 0) is 0 Å². The molecule has 142 valence electrons. The smallest absolute Gasteiger partial charge is 0.348 e. The van der Waals surface area contributed by atoms with E-state index in [9.17, 15) is 9.90 Å². The van der Waals surface area contributed by atoms with Crippen molar-refractivity contribution < 1.29 is 9.52 Å². The SMILES string of the molecule is CSc1ccc([C@@H]2CC(c3c(O)cc(C)oc3=O)=Nc3ccccc3S2)cc1. The first-order valence-corrected chi connectivity index (χ1v) is 11.0. The molecule has 3 aromatic rings. The Kier molecular flexibility index (Phi) is 5.33. The molecule has 28 heavy (non-hydrogen) atoms. The summed E-state index contributed by atoms with van der Waals surface area (Å²) in [5, 5.41) is 10.5. The molecule has 1 aliphatic heterocycles. The van der Waals surface area contributed by atoms with E-state index in [2.05, 4.69) is 30.5 Å². The minimum atomic E-state index is -0.558. The van der Waals surface area contributed by atoms with Gasteiger partial charge in [0.1, 0.15) is 17.1 Å². The summed E-state index contributed by atoms with van der Waals surface area (Å²) in [4.78, 5) is 19.5. The highest BCUT2D eigenvalue weighted by Crippen LogP contribution is 2.45. The normalized spacial score (nSPS) is 16.2. The van der Waals surface area contributed by atoms with Crippen molar-refractivity contribution in [2.45, 2.75) is 28.4 Å². The highest BCUT2D eigenvalue weighted by atomic mass is 32.2. The lowest BCUT2D eigenvalue weighted by molar-refractivity contribution is 0.432. The molecule has 1 N–H and O–H groups in total. The number of hydrogen-bond donors (Lipinski definition) is 1. The fourth-order valence-electron chi connectivity index (χ4n) is 3.23. The van der Waals surface area contributed by atoms with Crippen LogP contribution in [0.2, 0.25) is 0 Å². The molecule has 0 aliphatic carbocycles. The minimum absolute atomic E-state index is 0.0680. The summed E-state index contributed by atoms with van der Waals surface area (Å²) >= 11 is 3.42. The molecular formula is C22H19NO3S2. The molecule has 4 rings (SSSR count).